The van der Waals surface area contributed by atoms with Crippen LogP contribution in [0.1, 0.15) is 43.9 Å². The van der Waals surface area contributed by atoms with Gasteiger partial charge in [-0.15, -0.1) is 0 Å². The Labute approximate surface area is 236 Å². The number of carbonyl (C=O) groups is 2. The smallest absolute Gasteiger partial charge is 0.301 e. The monoisotopic (exact) mass is 558 g/mol. The molecule has 0 spiro atoms. The van der Waals surface area contributed by atoms with Gasteiger partial charge in [-0.1, -0.05) is 48.9 Å². The molecule has 0 saturated carbocycles. The molecule has 2 heterocycles. The van der Waals surface area contributed by atoms with Gasteiger partial charge in [0.2, 0.25) is 0 Å². The van der Waals surface area contributed by atoms with E-state index in [4.69, 9.17) is 14.2 Å². The van der Waals surface area contributed by atoms with E-state index in [0.29, 0.717) is 52.2 Å². The first-order chi connectivity index (χ1) is 19.4. The maximum Gasteiger partial charge on any atom is 0.301 e. The van der Waals surface area contributed by atoms with E-state index in [0.717, 1.165) is 17.5 Å². The summed E-state index contributed by atoms with van der Waals surface area (Å²) in [4.78, 5) is 33.2. The van der Waals surface area contributed by atoms with E-state index in [1.165, 1.54) is 16.2 Å². The number of benzene rings is 3. The second-order valence-electron chi connectivity index (χ2n) is 9.23. The molecule has 206 valence electrons. The summed E-state index contributed by atoms with van der Waals surface area (Å²) >= 11 is 1.28. The first-order valence-corrected chi connectivity index (χ1v) is 14.0. The van der Waals surface area contributed by atoms with Crippen molar-refractivity contribution in [3.05, 3.63) is 83.4 Å². The first kappa shape index (κ1) is 27.2. The number of fused-ring (bicyclic) bond motifs is 1. The molecule has 40 heavy (non-hydrogen) atoms. The number of ether oxygens (including phenoxy) is 3. The van der Waals surface area contributed by atoms with Gasteiger partial charge in [0, 0.05) is 5.56 Å². The van der Waals surface area contributed by atoms with Gasteiger partial charge in [-0.05, 0) is 61.4 Å². The predicted molar refractivity (Wildman–Crippen MR) is 155 cm³/mol. The first-order valence-electron chi connectivity index (χ1n) is 13.2. The zero-order valence-corrected chi connectivity index (χ0v) is 23.4. The molecule has 1 amide bonds. The number of hydrogen-bond acceptors (Lipinski definition) is 8. The molecule has 1 aliphatic heterocycles. The Morgan fingerprint density at radius 2 is 1.75 bits per heavy atom. The van der Waals surface area contributed by atoms with Crippen molar-refractivity contribution in [2.45, 2.75) is 32.7 Å². The number of anilines is 1. The molecule has 1 aromatic heterocycles. The highest BCUT2D eigenvalue weighted by atomic mass is 32.1. The zero-order chi connectivity index (χ0) is 28.2. The fourth-order valence-electron chi connectivity index (χ4n) is 4.63. The molecule has 0 radical (unpaired) electrons. The number of ketones is 1. The van der Waals surface area contributed by atoms with Gasteiger partial charge < -0.3 is 19.3 Å². The average Bonchev–Trinajstić information content (AvgIpc) is 3.50. The average molecular weight is 559 g/mol. The normalized spacial score (nSPS) is 16.5. The lowest BCUT2D eigenvalue weighted by molar-refractivity contribution is -0.132. The number of Topliss-reactive ketones (excluding diaryl/α,β-unsaturated/α-hetero) is 1. The van der Waals surface area contributed by atoms with Crippen LogP contribution in [0.25, 0.3) is 16.0 Å². The van der Waals surface area contributed by atoms with Gasteiger partial charge in [0.1, 0.15) is 23.0 Å². The Hall–Kier alpha value is -4.37. The maximum atomic E-state index is 13.6. The number of hydrogen-bond donors (Lipinski definition) is 1. The van der Waals surface area contributed by atoms with E-state index in [9.17, 15) is 14.7 Å². The molecule has 5 rings (SSSR count). The van der Waals surface area contributed by atoms with Crippen molar-refractivity contribution >= 4 is 44.1 Å². The van der Waals surface area contributed by atoms with Gasteiger partial charge in [-0.3, -0.25) is 14.5 Å². The van der Waals surface area contributed by atoms with Crippen molar-refractivity contribution in [2.24, 2.45) is 0 Å². The van der Waals surface area contributed by atoms with Crippen molar-refractivity contribution < 1.29 is 28.9 Å². The number of aromatic nitrogens is 1. The van der Waals surface area contributed by atoms with Gasteiger partial charge in [0.25, 0.3) is 5.78 Å². The number of amides is 1. The Kier molecular flexibility index (Phi) is 8.02. The number of methoxy groups -OCH3 is 1. The summed E-state index contributed by atoms with van der Waals surface area (Å²) in [6.45, 7) is 5.04. The lowest BCUT2D eigenvalue weighted by atomic mass is 9.95. The summed E-state index contributed by atoms with van der Waals surface area (Å²) in [7, 11) is 1.55. The summed E-state index contributed by atoms with van der Waals surface area (Å²) in [5, 5.41) is 11.9. The third-order valence-corrected chi connectivity index (χ3v) is 7.61. The SMILES string of the molecule is CCCCOc1cccc(/C(O)=C2\C(=O)C(=O)N(c3nc4ccc(OCC)cc4s3)C2c2cccc(OC)c2)c1. The molecule has 4 aromatic rings. The van der Waals surface area contributed by atoms with Gasteiger partial charge in [-0.25, -0.2) is 4.98 Å². The molecule has 1 fully saturated rings. The van der Waals surface area contributed by atoms with Gasteiger partial charge in [0.15, 0.2) is 5.13 Å². The highest BCUT2D eigenvalue weighted by molar-refractivity contribution is 7.22. The molecular formula is C31H30N2O6S. The second-order valence-corrected chi connectivity index (χ2v) is 10.2. The molecule has 8 nitrogen and oxygen atoms in total. The zero-order valence-electron chi connectivity index (χ0n) is 22.5. The minimum atomic E-state index is -0.924. The van der Waals surface area contributed by atoms with E-state index in [1.54, 1.807) is 55.6 Å². The Bertz CT molecular complexity index is 1590. The molecule has 0 aliphatic carbocycles. The third-order valence-electron chi connectivity index (χ3n) is 6.59. The van der Waals surface area contributed by atoms with Gasteiger partial charge >= 0.3 is 5.91 Å². The molecule has 1 N–H and O–H groups in total. The number of nitrogens with zero attached hydrogens (tertiary/aromatic N) is 2. The molecule has 1 aliphatic rings. The molecule has 1 saturated heterocycles. The summed E-state index contributed by atoms with van der Waals surface area (Å²) in [5.41, 5.74) is 1.63. The largest absolute Gasteiger partial charge is 0.507 e. The minimum Gasteiger partial charge on any atom is -0.507 e. The molecule has 1 unspecified atom stereocenters. The number of thiazole rings is 1. The summed E-state index contributed by atoms with van der Waals surface area (Å²) in [5.74, 6) is -0.0290. The van der Waals surface area contributed by atoms with Gasteiger partial charge in [-0.2, -0.15) is 0 Å². The summed E-state index contributed by atoms with van der Waals surface area (Å²) < 4.78 is 17.7. The highest BCUT2D eigenvalue weighted by Crippen LogP contribution is 2.45. The predicted octanol–water partition coefficient (Wildman–Crippen LogP) is 6.51. The number of unbranched alkanes of at least 4 members (excludes halogenated alkanes) is 1. The fraction of sp³-hybridized carbons (Fsp3) is 0.258. The van der Waals surface area contributed by atoms with Crippen LogP contribution in [0.4, 0.5) is 5.13 Å². The molecule has 3 aromatic carbocycles. The van der Waals surface area contributed by atoms with Crippen LogP contribution in [-0.2, 0) is 9.59 Å². The lowest BCUT2D eigenvalue weighted by Crippen LogP contribution is -2.29. The van der Waals surface area contributed by atoms with E-state index >= 15 is 0 Å². The Morgan fingerprint density at radius 1 is 0.975 bits per heavy atom. The van der Waals surface area contributed by atoms with Crippen molar-refractivity contribution in [1.29, 1.82) is 0 Å². The number of aliphatic hydroxyl groups excluding tert-OH is 1. The second kappa shape index (κ2) is 11.8. The molecule has 9 heteroatoms. The fourth-order valence-corrected chi connectivity index (χ4v) is 5.65. The van der Waals surface area contributed by atoms with Crippen LogP contribution < -0.4 is 19.1 Å². The topological polar surface area (TPSA) is 98.2 Å². The number of aliphatic hydroxyl groups is 1. The van der Waals surface area contributed by atoms with E-state index in [2.05, 4.69) is 11.9 Å². The van der Waals surface area contributed by atoms with Crippen LogP contribution in [0.5, 0.6) is 17.2 Å². The molecule has 0 bridgehead atoms. The minimum absolute atomic E-state index is 0.0294. The Balaban J connectivity index is 1.64. The van der Waals surface area contributed by atoms with Crippen molar-refractivity contribution in [1.82, 2.24) is 4.98 Å². The van der Waals surface area contributed by atoms with Crippen LogP contribution in [-0.4, -0.2) is 42.1 Å². The maximum absolute atomic E-state index is 13.6. The van der Waals surface area contributed by atoms with Crippen LogP contribution in [0.2, 0.25) is 0 Å². The van der Waals surface area contributed by atoms with Crippen LogP contribution in [0, 0.1) is 0 Å². The van der Waals surface area contributed by atoms with Crippen molar-refractivity contribution in [3.8, 4) is 17.2 Å². The molecular weight excluding hydrogens is 528 g/mol. The number of rotatable bonds is 10. The standard InChI is InChI=1S/C31H30N2O6S/c1-4-6-15-39-22-12-8-10-20(17-22)28(34)26-27(19-9-7-11-21(16-19)37-3)33(30(36)29(26)35)31-32-24-14-13-23(38-5-2)18-25(24)40-31/h7-14,16-18,27,34H,4-6,15H2,1-3H3/b28-26+. The van der Waals surface area contributed by atoms with Crippen LogP contribution >= 0.6 is 11.3 Å². The number of carbonyl (C=O) groups excluding carboxylic acids is 2. The molecule has 1 atom stereocenters. The Morgan fingerprint density at radius 3 is 2.52 bits per heavy atom. The quantitative estimate of drug-likeness (QED) is 0.103. The summed E-state index contributed by atoms with van der Waals surface area (Å²) in [6.07, 6.45) is 1.88. The lowest BCUT2D eigenvalue weighted by Gasteiger charge is -2.23. The van der Waals surface area contributed by atoms with E-state index in [-0.39, 0.29) is 11.3 Å². The third kappa shape index (κ3) is 5.24. The van der Waals surface area contributed by atoms with E-state index < -0.39 is 17.7 Å². The van der Waals surface area contributed by atoms with Crippen LogP contribution in [0.15, 0.2) is 72.3 Å². The van der Waals surface area contributed by atoms with Crippen LogP contribution in [0.3, 0.4) is 0 Å². The van der Waals surface area contributed by atoms with Crippen molar-refractivity contribution in [3.63, 3.8) is 0 Å². The summed E-state index contributed by atoms with van der Waals surface area (Å²) in [6, 6.07) is 18.6. The highest BCUT2D eigenvalue weighted by Gasteiger charge is 2.48. The van der Waals surface area contributed by atoms with E-state index in [1.807, 2.05) is 25.1 Å². The van der Waals surface area contributed by atoms with Gasteiger partial charge in [0.05, 0.1) is 42.2 Å². The van der Waals surface area contributed by atoms with Crippen molar-refractivity contribution in [2.75, 3.05) is 25.2 Å².